The lowest BCUT2D eigenvalue weighted by atomic mass is 10.1. The van der Waals surface area contributed by atoms with E-state index < -0.39 is 5.91 Å². The minimum atomic E-state index is -0.416. The molecule has 0 saturated heterocycles. The molecular formula is C16H15N3O. The van der Waals surface area contributed by atoms with Crippen LogP contribution in [0.5, 0.6) is 0 Å². The first-order chi connectivity index (χ1) is 9.70. The maximum Gasteiger partial charge on any atom is 0.249 e. The van der Waals surface area contributed by atoms with Crippen LogP contribution in [0.15, 0.2) is 48.5 Å². The highest BCUT2D eigenvalue weighted by molar-refractivity contribution is 5.94. The van der Waals surface area contributed by atoms with E-state index in [9.17, 15) is 4.79 Å². The van der Waals surface area contributed by atoms with Gasteiger partial charge < -0.3 is 11.1 Å². The van der Waals surface area contributed by atoms with E-state index in [0.717, 1.165) is 11.1 Å². The van der Waals surface area contributed by atoms with Crippen molar-refractivity contribution in [1.82, 2.24) is 5.32 Å². The highest BCUT2D eigenvalue weighted by atomic mass is 16.1. The normalized spacial score (nSPS) is 9.95. The van der Waals surface area contributed by atoms with Crippen LogP contribution in [0.2, 0.25) is 0 Å². The van der Waals surface area contributed by atoms with Gasteiger partial charge in [-0.2, -0.15) is 5.26 Å². The monoisotopic (exact) mass is 265 g/mol. The lowest BCUT2D eigenvalue weighted by Crippen LogP contribution is -2.18. The summed E-state index contributed by atoms with van der Waals surface area (Å²) < 4.78 is 0. The predicted molar refractivity (Wildman–Crippen MR) is 76.7 cm³/mol. The van der Waals surface area contributed by atoms with Crippen LogP contribution in [0.4, 0.5) is 0 Å². The standard InChI is InChI=1S/C16H15N3O/c17-9-12-5-7-13(8-6-12)10-19-11-14-3-1-2-4-15(14)16(18)20/h1-8,19H,10-11H2,(H2,18,20). The molecule has 4 nitrogen and oxygen atoms in total. The molecule has 4 heteroatoms. The van der Waals surface area contributed by atoms with Crippen molar-refractivity contribution in [2.75, 3.05) is 0 Å². The van der Waals surface area contributed by atoms with Gasteiger partial charge in [0.2, 0.25) is 5.91 Å². The summed E-state index contributed by atoms with van der Waals surface area (Å²) in [5.41, 5.74) is 8.49. The van der Waals surface area contributed by atoms with Crippen molar-refractivity contribution in [2.24, 2.45) is 5.73 Å². The maximum absolute atomic E-state index is 11.3. The summed E-state index contributed by atoms with van der Waals surface area (Å²) in [5.74, 6) is -0.416. The quantitative estimate of drug-likeness (QED) is 0.867. The molecule has 0 aromatic heterocycles. The average Bonchev–Trinajstić information content (AvgIpc) is 2.48. The van der Waals surface area contributed by atoms with Gasteiger partial charge >= 0.3 is 0 Å². The number of nitriles is 1. The second kappa shape index (κ2) is 6.50. The number of rotatable bonds is 5. The molecule has 0 fully saturated rings. The van der Waals surface area contributed by atoms with Crippen molar-refractivity contribution < 1.29 is 4.79 Å². The van der Waals surface area contributed by atoms with E-state index in [1.807, 2.05) is 24.3 Å². The number of amides is 1. The molecule has 0 aliphatic rings. The topological polar surface area (TPSA) is 78.9 Å². The molecule has 20 heavy (non-hydrogen) atoms. The highest BCUT2D eigenvalue weighted by Gasteiger charge is 2.06. The average molecular weight is 265 g/mol. The van der Waals surface area contributed by atoms with Crippen molar-refractivity contribution in [3.63, 3.8) is 0 Å². The molecular weight excluding hydrogens is 250 g/mol. The van der Waals surface area contributed by atoms with Gasteiger partial charge in [-0.1, -0.05) is 30.3 Å². The van der Waals surface area contributed by atoms with Gasteiger partial charge in [0.05, 0.1) is 11.6 Å². The third-order valence-electron chi connectivity index (χ3n) is 3.01. The Morgan fingerprint density at radius 1 is 1.10 bits per heavy atom. The number of hydrogen-bond acceptors (Lipinski definition) is 3. The third kappa shape index (κ3) is 3.44. The molecule has 3 N–H and O–H groups in total. The van der Waals surface area contributed by atoms with Crippen molar-refractivity contribution in [3.8, 4) is 6.07 Å². The van der Waals surface area contributed by atoms with E-state index >= 15 is 0 Å². The molecule has 1 amide bonds. The zero-order valence-electron chi connectivity index (χ0n) is 11.0. The van der Waals surface area contributed by atoms with Crippen LogP contribution in [-0.4, -0.2) is 5.91 Å². The number of nitrogens with two attached hydrogens (primary N) is 1. The first-order valence-corrected chi connectivity index (χ1v) is 6.28. The summed E-state index contributed by atoms with van der Waals surface area (Å²) in [6.45, 7) is 1.23. The second-order valence-electron chi connectivity index (χ2n) is 4.43. The van der Waals surface area contributed by atoms with E-state index in [1.165, 1.54) is 0 Å². The lowest BCUT2D eigenvalue weighted by molar-refractivity contribution is 0.0999. The minimum absolute atomic E-state index is 0.416. The van der Waals surface area contributed by atoms with Crippen LogP contribution < -0.4 is 11.1 Å². The Morgan fingerprint density at radius 3 is 2.45 bits per heavy atom. The Morgan fingerprint density at radius 2 is 1.80 bits per heavy atom. The van der Waals surface area contributed by atoms with E-state index in [0.29, 0.717) is 24.2 Å². The molecule has 0 saturated carbocycles. The highest BCUT2D eigenvalue weighted by Crippen LogP contribution is 2.08. The second-order valence-corrected chi connectivity index (χ2v) is 4.43. The van der Waals surface area contributed by atoms with Crippen LogP contribution in [0, 0.1) is 11.3 Å². The van der Waals surface area contributed by atoms with Gasteiger partial charge in [-0.15, -0.1) is 0 Å². The Bertz CT molecular complexity index is 642. The zero-order chi connectivity index (χ0) is 14.4. The number of primary amides is 1. The minimum Gasteiger partial charge on any atom is -0.366 e. The molecule has 0 atom stereocenters. The number of benzene rings is 2. The van der Waals surface area contributed by atoms with Gasteiger partial charge in [0.1, 0.15) is 0 Å². The molecule has 0 radical (unpaired) electrons. The third-order valence-corrected chi connectivity index (χ3v) is 3.01. The summed E-state index contributed by atoms with van der Waals surface area (Å²) in [6.07, 6.45) is 0. The molecule has 2 aromatic carbocycles. The summed E-state index contributed by atoms with van der Waals surface area (Å²) >= 11 is 0. The van der Waals surface area contributed by atoms with Crippen LogP contribution >= 0.6 is 0 Å². The first-order valence-electron chi connectivity index (χ1n) is 6.28. The number of carbonyl (C=O) groups excluding carboxylic acids is 1. The summed E-state index contributed by atoms with van der Waals surface area (Å²) in [4.78, 5) is 11.3. The van der Waals surface area contributed by atoms with Gasteiger partial charge in [0.25, 0.3) is 0 Å². The lowest BCUT2D eigenvalue weighted by Gasteiger charge is -2.08. The van der Waals surface area contributed by atoms with Crippen molar-refractivity contribution in [2.45, 2.75) is 13.1 Å². The Labute approximate surface area is 117 Å². The first kappa shape index (κ1) is 13.8. The van der Waals surface area contributed by atoms with Crippen molar-refractivity contribution in [3.05, 3.63) is 70.8 Å². The number of nitrogens with zero attached hydrogens (tertiary/aromatic N) is 1. The van der Waals surface area contributed by atoms with Gasteiger partial charge in [0.15, 0.2) is 0 Å². The van der Waals surface area contributed by atoms with Crippen LogP contribution in [0.3, 0.4) is 0 Å². The fourth-order valence-electron chi connectivity index (χ4n) is 1.95. The summed E-state index contributed by atoms with van der Waals surface area (Å²) in [6, 6.07) is 16.8. The molecule has 0 bridgehead atoms. The van der Waals surface area contributed by atoms with Gasteiger partial charge in [-0.3, -0.25) is 4.79 Å². The smallest absolute Gasteiger partial charge is 0.249 e. The predicted octanol–water partition coefficient (Wildman–Crippen LogP) is 1.95. The number of carbonyl (C=O) groups is 1. The molecule has 0 unspecified atom stereocenters. The fraction of sp³-hybridized carbons (Fsp3) is 0.125. The van der Waals surface area contributed by atoms with E-state index in [4.69, 9.17) is 11.0 Å². The summed E-state index contributed by atoms with van der Waals surface area (Å²) in [7, 11) is 0. The van der Waals surface area contributed by atoms with E-state index in [1.54, 1.807) is 24.3 Å². The molecule has 0 aliphatic heterocycles. The Balaban J connectivity index is 1.96. The Kier molecular flexibility index (Phi) is 4.48. The van der Waals surface area contributed by atoms with Gasteiger partial charge in [-0.25, -0.2) is 0 Å². The van der Waals surface area contributed by atoms with Crippen LogP contribution in [-0.2, 0) is 13.1 Å². The largest absolute Gasteiger partial charge is 0.366 e. The van der Waals surface area contributed by atoms with E-state index in [-0.39, 0.29) is 0 Å². The number of hydrogen-bond donors (Lipinski definition) is 2. The van der Waals surface area contributed by atoms with Crippen molar-refractivity contribution in [1.29, 1.82) is 5.26 Å². The van der Waals surface area contributed by atoms with Gasteiger partial charge in [0, 0.05) is 18.7 Å². The maximum atomic E-state index is 11.3. The van der Waals surface area contributed by atoms with Crippen LogP contribution in [0.1, 0.15) is 27.0 Å². The molecule has 0 aliphatic carbocycles. The summed E-state index contributed by atoms with van der Waals surface area (Å²) in [5, 5.41) is 12.0. The SMILES string of the molecule is N#Cc1ccc(CNCc2ccccc2C(N)=O)cc1. The van der Waals surface area contributed by atoms with E-state index in [2.05, 4.69) is 11.4 Å². The fourth-order valence-corrected chi connectivity index (χ4v) is 1.95. The Hall–Kier alpha value is -2.64. The molecule has 0 spiro atoms. The molecule has 2 rings (SSSR count). The number of nitrogens with one attached hydrogen (secondary N) is 1. The van der Waals surface area contributed by atoms with Gasteiger partial charge in [-0.05, 0) is 29.3 Å². The zero-order valence-corrected chi connectivity index (χ0v) is 11.0. The molecule has 100 valence electrons. The van der Waals surface area contributed by atoms with Crippen LogP contribution in [0.25, 0.3) is 0 Å². The molecule has 2 aromatic rings. The molecule has 0 heterocycles. The van der Waals surface area contributed by atoms with Crippen molar-refractivity contribution >= 4 is 5.91 Å².